The molecule has 1 N–H and O–H groups in total. The highest BCUT2D eigenvalue weighted by molar-refractivity contribution is 7.99. The first-order valence-corrected chi connectivity index (χ1v) is 6.02. The maximum atomic E-state index is 12.6. The summed E-state index contributed by atoms with van der Waals surface area (Å²) >= 11 is 1.74. The van der Waals surface area contributed by atoms with Crippen LogP contribution >= 0.6 is 11.8 Å². The van der Waals surface area contributed by atoms with Crippen molar-refractivity contribution in [1.29, 1.82) is 0 Å². The van der Waals surface area contributed by atoms with E-state index in [9.17, 15) is 13.2 Å². The first kappa shape index (κ1) is 10.6. The van der Waals surface area contributed by atoms with Crippen molar-refractivity contribution >= 4 is 11.8 Å². The number of hydrogen-bond donors (Lipinski definition) is 1. The van der Waals surface area contributed by atoms with Gasteiger partial charge in [-0.2, -0.15) is 24.9 Å². The fourth-order valence-electron chi connectivity index (χ4n) is 1.83. The van der Waals surface area contributed by atoms with Gasteiger partial charge in [-0.25, -0.2) is 0 Å². The summed E-state index contributed by atoms with van der Waals surface area (Å²) in [6, 6.07) is 0.0455. The predicted octanol–water partition coefficient (Wildman–Crippen LogP) is 2.42. The van der Waals surface area contributed by atoms with E-state index in [0.717, 1.165) is 11.5 Å². The summed E-state index contributed by atoms with van der Waals surface area (Å²) in [5.74, 6) is 2.16. The van der Waals surface area contributed by atoms with Gasteiger partial charge in [-0.05, 0) is 24.5 Å². The summed E-state index contributed by atoms with van der Waals surface area (Å²) in [7, 11) is 0. The van der Waals surface area contributed by atoms with Crippen LogP contribution in [0.25, 0.3) is 0 Å². The van der Waals surface area contributed by atoms with Gasteiger partial charge in [-0.1, -0.05) is 6.92 Å². The van der Waals surface area contributed by atoms with Gasteiger partial charge < -0.3 is 0 Å². The van der Waals surface area contributed by atoms with Gasteiger partial charge in [-0.3, -0.25) is 5.32 Å². The number of halogens is 3. The zero-order valence-corrected chi connectivity index (χ0v) is 8.84. The van der Waals surface area contributed by atoms with E-state index in [-0.39, 0.29) is 18.9 Å². The van der Waals surface area contributed by atoms with Crippen LogP contribution in [0.3, 0.4) is 0 Å². The Hall–Kier alpha value is 0.100. The van der Waals surface area contributed by atoms with E-state index >= 15 is 0 Å². The molecule has 2 aliphatic rings. The molecule has 5 heteroatoms. The standard InChI is InChI=1S/C9H14F3NS/c1-6-4-14-5-7(6)13-8(2-3-8)9(10,11)12/h6-7,13H,2-5H2,1H3. The van der Waals surface area contributed by atoms with Crippen molar-refractivity contribution in [2.24, 2.45) is 5.92 Å². The highest BCUT2D eigenvalue weighted by Gasteiger charge is 2.64. The molecule has 0 spiro atoms. The molecular formula is C9H14F3NS. The lowest BCUT2D eigenvalue weighted by Gasteiger charge is -2.26. The Morgan fingerprint density at radius 2 is 1.93 bits per heavy atom. The molecule has 82 valence electrons. The van der Waals surface area contributed by atoms with Crippen LogP contribution in [0.4, 0.5) is 13.2 Å². The lowest BCUT2D eigenvalue weighted by molar-refractivity contribution is -0.168. The third kappa shape index (κ3) is 1.76. The molecule has 0 bridgehead atoms. The van der Waals surface area contributed by atoms with Crippen molar-refractivity contribution in [1.82, 2.24) is 5.32 Å². The summed E-state index contributed by atoms with van der Waals surface area (Å²) in [5.41, 5.74) is -1.53. The molecule has 2 fully saturated rings. The maximum Gasteiger partial charge on any atom is 0.406 e. The fraction of sp³-hybridized carbons (Fsp3) is 1.00. The summed E-state index contributed by atoms with van der Waals surface area (Å²) in [6.45, 7) is 2.02. The predicted molar refractivity (Wildman–Crippen MR) is 51.4 cm³/mol. The lowest BCUT2D eigenvalue weighted by Crippen LogP contribution is -2.51. The van der Waals surface area contributed by atoms with Crippen molar-refractivity contribution < 1.29 is 13.2 Å². The van der Waals surface area contributed by atoms with Crippen LogP contribution < -0.4 is 5.32 Å². The van der Waals surface area contributed by atoms with Crippen LogP contribution in [0.2, 0.25) is 0 Å². The van der Waals surface area contributed by atoms with Crippen molar-refractivity contribution in [3.8, 4) is 0 Å². The first-order chi connectivity index (χ1) is 6.45. The molecule has 2 atom stereocenters. The third-order valence-electron chi connectivity index (χ3n) is 3.12. The minimum absolute atomic E-state index is 0.0455. The minimum atomic E-state index is -4.07. The average Bonchev–Trinajstić information content (AvgIpc) is 2.73. The van der Waals surface area contributed by atoms with E-state index in [4.69, 9.17) is 0 Å². The second kappa shape index (κ2) is 3.30. The number of nitrogens with one attached hydrogen (secondary N) is 1. The van der Waals surface area contributed by atoms with Crippen LogP contribution in [0, 0.1) is 5.92 Å². The Morgan fingerprint density at radius 3 is 2.29 bits per heavy atom. The third-order valence-corrected chi connectivity index (χ3v) is 4.48. The zero-order valence-electron chi connectivity index (χ0n) is 8.03. The lowest BCUT2D eigenvalue weighted by atomic mass is 10.0. The van der Waals surface area contributed by atoms with Crippen molar-refractivity contribution in [3.63, 3.8) is 0 Å². The molecule has 14 heavy (non-hydrogen) atoms. The molecule has 1 aliphatic heterocycles. The molecule has 0 radical (unpaired) electrons. The molecule has 1 nitrogen and oxygen atoms in total. The topological polar surface area (TPSA) is 12.0 Å². The minimum Gasteiger partial charge on any atom is -0.300 e. The average molecular weight is 225 g/mol. The Balaban J connectivity index is 1.97. The summed E-state index contributed by atoms with van der Waals surface area (Å²) < 4.78 is 37.8. The monoisotopic (exact) mass is 225 g/mol. The van der Waals surface area contributed by atoms with E-state index in [1.54, 1.807) is 11.8 Å². The Bertz CT molecular complexity index is 225. The molecule has 1 saturated heterocycles. The van der Waals surface area contributed by atoms with Crippen LogP contribution in [0.1, 0.15) is 19.8 Å². The highest BCUT2D eigenvalue weighted by Crippen LogP contribution is 2.50. The highest BCUT2D eigenvalue weighted by atomic mass is 32.2. The Labute approximate surface area is 85.8 Å². The van der Waals surface area contributed by atoms with Gasteiger partial charge >= 0.3 is 6.18 Å². The van der Waals surface area contributed by atoms with Gasteiger partial charge in [-0.15, -0.1) is 0 Å². The van der Waals surface area contributed by atoms with Crippen molar-refractivity contribution in [2.45, 2.75) is 37.5 Å². The van der Waals surface area contributed by atoms with Gasteiger partial charge in [0, 0.05) is 11.8 Å². The van der Waals surface area contributed by atoms with Crippen LogP contribution in [0.15, 0.2) is 0 Å². The molecule has 1 saturated carbocycles. The fourth-order valence-corrected chi connectivity index (χ4v) is 3.24. The van der Waals surface area contributed by atoms with E-state index in [1.165, 1.54) is 0 Å². The van der Waals surface area contributed by atoms with Gasteiger partial charge in [0.1, 0.15) is 5.54 Å². The maximum absolute atomic E-state index is 12.6. The normalized spacial score (nSPS) is 36.0. The summed E-state index contributed by atoms with van der Waals surface area (Å²) in [6.07, 6.45) is -3.56. The molecule has 1 heterocycles. The van der Waals surface area contributed by atoms with E-state index < -0.39 is 11.7 Å². The van der Waals surface area contributed by atoms with Gasteiger partial charge in [0.25, 0.3) is 0 Å². The molecule has 0 aromatic rings. The molecule has 1 aliphatic carbocycles. The molecule has 0 amide bonds. The van der Waals surface area contributed by atoms with Gasteiger partial charge in [0.05, 0.1) is 0 Å². The quantitative estimate of drug-likeness (QED) is 0.774. The molecule has 2 rings (SSSR count). The summed E-state index contributed by atoms with van der Waals surface area (Å²) in [4.78, 5) is 0. The largest absolute Gasteiger partial charge is 0.406 e. The van der Waals surface area contributed by atoms with Crippen molar-refractivity contribution in [3.05, 3.63) is 0 Å². The van der Waals surface area contributed by atoms with E-state index in [1.807, 2.05) is 6.92 Å². The van der Waals surface area contributed by atoms with Gasteiger partial charge in [0.15, 0.2) is 0 Å². The molecular weight excluding hydrogens is 211 g/mol. The van der Waals surface area contributed by atoms with Gasteiger partial charge in [0.2, 0.25) is 0 Å². The molecule has 2 unspecified atom stereocenters. The Kier molecular flexibility index (Phi) is 2.50. The molecule has 0 aromatic carbocycles. The number of alkyl halides is 3. The Morgan fingerprint density at radius 1 is 1.29 bits per heavy atom. The second-order valence-electron chi connectivity index (χ2n) is 4.35. The number of thioether (sulfide) groups is 1. The summed E-state index contributed by atoms with van der Waals surface area (Å²) in [5, 5.41) is 2.81. The second-order valence-corrected chi connectivity index (χ2v) is 5.42. The smallest absolute Gasteiger partial charge is 0.300 e. The SMILES string of the molecule is CC1CSCC1NC1(C(F)(F)F)CC1. The molecule has 0 aromatic heterocycles. The zero-order chi connectivity index (χ0) is 10.4. The van der Waals surface area contributed by atoms with E-state index in [0.29, 0.717) is 5.92 Å². The number of rotatable bonds is 2. The first-order valence-electron chi connectivity index (χ1n) is 4.87. The van der Waals surface area contributed by atoms with Crippen LogP contribution in [0.5, 0.6) is 0 Å². The van der Waals surface area contributed by atoms with Crippen LogP contribution in [-0.4, -0.2) is 29.3 Å². The number of hydrogen-bond acceptors (Lipinski definition) is 2. The van der Waals surface area contributed by atoms with E-state index in [2.05, 4.69) is 5.32 Å². The van der Waals surface area contributed by atoms with Crippen LogP contribution in [-0.2, 0) is 0 Å². The van der Waals surface area contributed by atoms with Crippen molar-refractivity contribution in [2.75, 3.05) is 11.5 Å².